The first kappa shape index (κ1) is 14.3. The lowest BCUT2D eigenvalue weighted by molar-refractivity contribution is -0.138. The first-order valence-corrected chi connectivity index (χ1v) is 5.11. The quantitative estimate of drug-likeness (QED) is 0.837. The molecule has 3 nitrogen and oxygen atoms in total. The van der Waals surface area contributed by atoms with Crippen molar-refractivity contribution in [1.82, 2.24) is 0 Å². The summed E-state index contributed by atoms with van der Waals surface area (Å²) < 4.78 is 48.3. The van der Waals surface area contributed by atoms with Crippen LogP contribution in [0.2, 0.25) is 0 Å². The van der Waals surface area contributed by atoms with Crippen LogP contribution >= 0.6 is 0 Å². The Morgan fingerprint density at radius 1 is 1.17 bits per heavy atom. The molecule has 0 heterocycles. The summed E-state index contributed by atoms with van der Waals surface area (Å²) in [5, 5.41) is 0. The normalized spacial score (nSPS) is 11.2. The molecule has 0 spiro atoms. The van der Waals surface area contributed by atoms with Gasteiger partial charge in [0.05, 0.1) is 19.8 Å². The van der Waals surface area contributed by atoms with Gasteiger partial charge in [-0.2, -0.15) is 13.2 Å². The molecule has 0 N–H and O–H groups in total. The van der Waals surface area contributed by atoms with Gasteiger partial charge in [0.1, 0.15) is 5.78 Å². The molecule has 0 aliphatic heterocycles. The average Bonchev–Trinajstić information content (AvgIpc) is 2.26. The van der Waals surface area contributed by atoms with Crippen molar-refractivity contribution >= 4 is 5.78 Å². The van der Waals surface area contributed by atoms with Crippen molar-refractivity contribution in [2.75, 3.05) is 14.2 Å². The second-order valence-corrected chi connectivity index (χ2v) is 3.74. The first-order valence-electron chi connectivity index (χ1n) is 5.11. The molecule has 100 valence electrons. The molecular formula is C12H13F3O3. The van der Waals surface area contributed by atoms with Crippen LogP contribution in [0.1, 0.15) is 18.1 Å². The largest absolute Gasteiger partial charge is 0.493 e. The van der Waals surface area contributed by atoms with Crippen LogP contribution in [0.25, 0.3) is 0 Å². The second-order valence-electron chi connectivity index (χ2n) is 3.74. The second kappa shape index (κ2) is 5.29. The highest BCUT2D eigenvalue weighted by Crippen LogP contribution is 2.39. The van der Waals surface area contributed by atoms with Gasteiger partial charge in [-0.25, -0.2) is 0 Å². The minimum atomic E-state index is -4.54. The molecule has 6 heteroatoms. The topological polar surface area (TPSA) is 35.5 Å². The lowest BCUT2D eigenvalue weighted by Gasteiger charge is -2.16. The Kier molecular flexibility index (Phi) is 4.21. The average molecular weight is 262 g/mol. The van der Waals surface area contributed by atoms with Crippen LogP contribution < -0.4 is 9.47 Å². The standard InChI is InChI=1S/C12H13F3O3/c1-7(16)4-8-5-10(17-2)11(18-3)6-9(8)12(13,14)15/h5-6H,4H2,1-3H3. The van der Waals surface area contributed by atoms with Gasteiger partial charge in [0, 0.05) is 6.42 Å². The monoisotopic (exact) mass is 262 g/mol. The lowest BCUT2D eigenvalue weighted by Crippen LogP contribution is -2.12. The zero-order valence-corrected chi connectivity index (χ0v) is 10.2. The van der Waals surface area contributed by atoms with E-state index in [0.717, 1.165) is 6.07 Å². The van der Waals surface area contributed by atoms with Gasteiger partial charge in [-0.15, -0.1) is 0 Å². The zero-order chi connectivity index (χ0) is 13.9. The fourth-order valence-corrected chi connectivity index (χ4v) is 1.60. The SMILES string of the molecule is COc1cc(CC(C)=O)c(C(F)(F)F)cc1OC. The van der Waals surface area contributed by atoms with Crippen molar-refractivity contribution in [2.24, 2.45) is 0 Å². The predicted molar refractivity (Wildman–Crippen MR) is 58.9 cm³/mol. The van der Waals surface area contributed by atoms with E-state index in [1.807, 2.05) is 0 Å². The summed E-state index contributed by atoms with van der Waals surface area (Å²) in [4.78, 5) is 11.0. The number of methoxy groups -OCH3 is 2. The maximum atomic E-state index is 12.8. The molecule has 0 unspecified atom stereocenters. The van der Waals surface area contributed by atoms with E-state index in [1.54, 1.807) is 0 Å². The fraction of sp³-hybridized carbons (Fsp3) is 0.417. The maximum absolute atomic E-state index is 12.8. The zero-order valence-electron chi connectivity index (χ0n) is 10.2. The third kappa shape index (κ3) is 3.15. The van der Waals surface area contributed by atoms with Crippen LogP contribution in [0.15, 0.2) is 12.1 Å². The number of carbonyl (C=O) groups is 1. The third-order valence-corrected chi connectivity index (χ3v) is 2.35. The molecular weight excluding hydrogens is 249 g/mol. The fourth-order valence-electron chi connectivity index (χ4n) is 1.60. The molecule has 0 aromatic heterocycles. The van der Waals surface area contributed by atoms with Crippen LogP contribution in [0.3, 0.4) is 0 Å². The molecule has 0 aliphatic rings. The van der Waals surface area contributed by atoms with E-state index in [9.17, 15) is 18.0 Å². The van der Waals surface area contributed by atoms with Crippen molar-refractivity contribution in [3.05, 3.63) is 23.3 Å². The van der Waals surface area contributed by atoms with Gasteiger partial charge in [0.15, 0.2) is 11.5 Å². The smallest absolute Gasteiger partial charge is 0.416 e. The summed E-state index contributed by atoms with van der Waals surface area (Å²) in [6.45, 7) is 1.23. The minimum absolute atomic E-state index is 0.0165. The van der Waals surface area contributed by atoms with Gasteiger partial charge in [0.25, 0.3) is 0 Å². The molecule has 1 aromatic carbocycles. The van der Waals surface area contributed by atoms with E-state index >= 15 is 0 Å². The summed E-state index contributed by atoms with van der Waals surface area (Å²) in [7, 11) is 2.57. The highest BCUT2D eigenvalue weighted by Gasteiger charge is 2.35. The summed E-state index contributed by atoms with van der Waals surface area (Å²) >= 11 is 0. The van der Waals surface area contributed by atoms with Crippen molar-refractivity contribution in [3.63, 3.8) is 0 Å². The number of hydrogen-bond donors (Lipinski definition) is 0. The third-order valence-electron chi connectivity index (χ3n) is 2.35. The summed E-state index contributed by atoms with van der Waals surface area (Å²) in [5.74, 6) is -0.202. The molecule has 0 bridgehead atoms. The number of rotatable bonds is 4. The Labute approximate surface area is 103 Å². The molecule has 0 saturated heterocycles. The van der Waals surface area contributed by atoms with Crippen LogP contribution in [0, 0.1) is 0 Å². The van der Waals surface area contributed by atoms with E-state index in [2.05, 4.69) is 0 Å². The van der Waals surface area contributed by atoms with Gasteiger partial charge < -0.3 is 9.47 Å². The molecule has 1 aromatic rings. The molecule has 0 radical (unpaired) electrons. The summed E-state index contributed by atoms with van der Waals surface area (Å²) in [5.41, 5.74) is -0.997. The van der Waals surface area contributed by atoms with Gasteiger partial charge in [0.2, 0.25) is 0 Å². The van der Waals surface area contributed by atoms with E-state index in [1.165, 1.54) is 27.2 Å². The Morgan fingerprint density at radius 3 is 2.06 bits per heavy atom. The number of alkyl halides is 3. The number of halogens is 3. The number of benzene rings is 1. The molecule has 1 rings (SSSR count). The maximum Gasteiger partial charge on any atom is 0.416 e. The summed E-state index contributed by atoms with van der Waals surface area (Å²) in [6.07, 6.45) is -4.83. The highest BCUT2D eigenvalue weighted by atomic mass is 19.4. The lowest BCUT2D eigenvalue weighted by atomic mass is 10.0. The van der Waals surface area contributed by atoms with E-state index in [-0.39, 0.29) is 29.3 Å². The Bertz CT molecular complexity index is 453. The van der Waals surface area contributed by atoms with Crippen LogP contribution in [-0.4, -0.2) is 20.0 Å². The van der Waals surface area contributed by atoms with E-state index in [4.69, 9.17) is 9.47 Å². The van der Waals surface area contributed by atoms with Gasteiger partial charge >= 0.3 is 6.18 Å². The first-order chi connectivity index (χ1) is 8.29. The number of ether oxygens (including phenoxy) is 2. The molecule has 0 amide bonds. The van der Waals surface area contributed by atoms with Crippen molar-refractivity contribution in [3.8, 4) is 11.5 Å². The predicted octanol–water partition coefficient (Wildman–Crippen LogP) is 2.85. The molecule has 0 saturated carbocycles. The van der Waals surface area contributed by atoms with Crippen molar-refractivity contribution in [2.45, 2.75) is 19.5 Å². The van der Waals surface area contributed by atoms with Crippen LogP contribution in [0.5, 0.6) is 11.5 Å². The van der Waals surface area contributed by atoms with Gasteiger partial charge in [-0.3, -0.25) is 4.79 Å². The number of hydrogen-bond acceptors (Lipinski definition) is 3. The minimum Gasteiger partial charge on any atom is -0.493 e. The Balaban J connectivity index is 3.41. The molecule has 0 fully saturated rings. The van der Waals surface area contributed by atoms with Crippen molar-refractivity contribution in [1.29, 1.82) is 0 Å². The van der Waals surface area contributed by atoms with E-state index in [0.29, 0.717) is 0 Å². The van der Waals surface area contributed by atoms with E-state index < -0.39 is 11.7 Å². The van der Waals surface area contributed by atoms with Crippen molar-refractivity contribution < 1.29 is 27.4 Å². The van der Waals surface area contributed by atoms with Crippen LogP contribution in [0.4, 0.5) is 13.2 Å². The van der Waals surface area contributed by atoms with Gasteiger partial charge in [-0.1, -0.05) is 0 Å². The Morgan fingerprint density at radius 2 is 1.67 bits per heavy atom. The van der Waals surface area contributed by atoms with Gasteiger partial charge in [-0.05, 0) is 24.6 Å². The number of Topliss-reactive ketones (excluding diaryl/α,β-unsaturated/α-hetero) is 1. The van der Waals surface area contributed by atoms with Crippen LogP contribution in [-0.2, 0) is 17.4 Å². The number of ketones is 1. The highest BCUT2D eigenvalue weighted by molar-refractivity contribution is 5.79. The summed E-state index contributed by atoms with van der Waals surface area (Å²) in [6, 6.07) is 2.03. The number of carbonyl (C=O) groups excluding carboxylic acids is 1. The molecule has 0 aliphatic carbocycles. The Hall–Kier alpha value is -1.72. The molecule has 18 heavy (non-hydrogen) atoms. The molecule has 0 atom stereocenters.